The third-order valence-electron chi connectivity index (χ3n) is 3.16. The SMILES string of the molecule is COc1nc(-c2cc(C)c(OC)c(C)c2C)cs1. The summed E-state index contributed by atoms with van der Waals surface area (Å²) in [7, 11) is 3.35. The third kappa shape index (κ3) is 2.08. The molecule has 0 saturated heterocycles. The van der Waals surface area contributed by atoms with Gasteiger partial charge in [-0.25, -0.2) is 4.98 Å². The summed E-state index contributed by atoms with van der Waals surface area (Å²) < 4.78 is 10.6. The fraction of sp³-hybridized carbons (Fsp3) is 0.357. The number of ether oxygens (including phenoxy) is 2. The van der Waals surface area contributed by atoms with Crippen LogP contribution >= 0.6 is 11.3 Å². The van der Waals surface area contributed by atoms with Gasteiger partial charge in [0.1, 0.15) is 5.75 Å². The topological polar surface area (TPSA) is 31.4 Å². The average Bonchev–Trinajstić information content (AvgIpc) is 2.83. The Labute approximate surface area is 111 Å². The molecule has 1 aromatic carbocycles. The monoisotopic (exact) mass is 263 g/mol. The van der Waals surface area contributed by atoms with Crippen LogP contribution in [0.25, 0.3) is 11.3 Å². The van der Waals surface area contributed by atoms with Gasteiger partial charge in [0.05, 0.1) is 19.9 Å². The third-order valence-corrected chi connectivity index (χ3v) is 3.96. The number of nitrogens with zero attached hydrogens (tertiary/aromatic N) is 1. The Morgan fingerprint density at radius 2 is 1.78 bits per heavy atom. The van der Waals surface area contributed by atoms with Crippen LogP contribution in [0.1, 0.15) is 16.7 Å². The van der Waals surface area contributed by atoms with E-state index in [1.54, 1.807) is 14.2 Å². The predicted octanol–water partition coefficient (Wildman–Crippen LogP) is 3.75. The minimum Gasteiger partial charge on any atom is -0.496 e. The fourth-order valence-corrected chi connectivity index (χ4v) is 2.75. The molecule has 0 fully saturated rings. The molecule has 0 N–H and O–H groups in total. The Kier molecular flexibility index (Phi) is 3.57. The first kappa shape index (κ1) is 12.9. The lowest BCUT2D eigenvalue weighted by Gasteiger charge is -2.14. The number of hydrogen-bond acceptors (Lipinski definition) is 4. The maximum atomic E-state index is 5.43. The summed E-state index contributed by atoms with van der Waals surface area (Å²) in [6.45, 7) is 6.23. The summed E-state index contributed by atoms with van der Waals surface area (Å²) in [4.78, 5) is 4.45. The molecule has 2 aromatic rings. The fourth-order valence-electron chi connectivity index (χ4n) is 2.11. The largest absolute Gasteiger partial charge is 0.496 e. The van der Waals surface area contributed by atoms with Crippen molar-refractivity contribution >= 4 is 11.3 Å². The van der Waals surface area contributed by atoms with Crippen molar-refractivity contribution in [2.75, 3.05) is 14.2 Å². The summed E-state index contributed by atoms with van der Waals surface area (Å²) in [6.07, 6.45) is 0. The first-order valence-electron chi connectivity index (χ1n) is 5.73. The molecule has 0 aliphatic carbocycles. The molecule has 4 heteroatoms. The molecule has 0 atom stereocenters. The molecular weight excluding hydrogens is 246 g/mol. The van der Waals surface area contributed by atoms with Crippen LogP contribution < -0.4 is 9.47 Å². The zero-order valence-electron chi connectivity index (χ0n) is 11.3. The molecule has 1 aromatic heterocycles. The van der Waals surface area contributed by atoms with E-state index < -0.39 is 0 Å². The molecule has 96 valence electrons. The summed E-state index contributed by atoms with van der Waals surface area (Å²) in [5.41, 5.74) is 5.60. The number of rotatable bonds is 3. The van der Waals surface area contributed by atoms with Crippen molar-refractivity contribution in [3.05, 3.63) is 28.1 Å². The number of aryl methyl sites for hydroxylation is 1. The quantitative estimate of drug-likeness (QED) is 0.845. The normalized spacial score (nSPS) is 10.5. The molecule has 0 saturated carbocycles. The van der Waals surface area contributed by atoms with E-state index in [0.717, 1.165) is 22.6 Å². The van der Waals surface area contributed by atoms with Gasteiger partial charge in [-0.05, 0) is 43.5 Å². The first-order valence-corrected chi connectivity index (χ1v) is 6.61. The second kappa shape index (κ2) is 4.98. The maximum Gasteiger partial charge on any atom is 0.273 e. The van der Waals surface area contributed by atoms with Crippen molar-refractivity contribution in [2.24, 2.45) is 0 Å². The van der Waals surface area contributed by atoms with E-state index in [4.69, 9.17) is 9.47 Å². The van der Waals surface area contributed by atoms with Crippen molar-refractivity contribution < 1.29 is 9.47 Å². The smallest absolute Gasteiger partial charge is 0.273 e. The highest BCUT2D eigenvalue weighted by atomic mass is 32.1. The van der Waals surface area contributed by atoms with Crippen LogP contribution in [0.3, 0.4) is 0 Å². The maximum absolute atomic E-state index is 5.43. The molecule has 1 heterocycles. The minimum atomic E-state index is 0.690. The first-order chi connectivity index (χ1) is 8.58. The van der Waals surface area contributed by atoms with Crippen molar-refractivity contribution in [1.82, 2.24) is 4.98 Å². The van der Waals surface area contributed by atoms with Gasteiger partial charge in [-0.15, -0.1) is 0 Å². The molecule has 2 rings (SSSR count). The van der Waals surface area contributed by atoms with E-state index >= 15 is 0 Å². The van der Waals surface area contributed by atoms with Crippen LogP contribution in [0, 0.1) is 20.8 Å². The molecule has 0 spiro atoms. The van der Waals surface area contributed by atoms with Crippen LogP contribution in [0.5, 0.6) is 10.9 Å². The highest BCUT2D eigenvalue weighted by molar-refractivity contribution is 7.11. The van der Waals surface area contributed by atoms with Crippen LogP contribution in [0.15, 0.2) is 11.4 Å². The van der Waals surface area contributed by atoms with Crippen LogP contribution in [-0.2, 0) is 0 Å². The Bertz CT molecular complexity index is 575. The Morgan fingerprint density at radius 1 is 1.06 bits per heavy atom. The van der Waals surface area contributed by atoms with E-state index in [-0.39, 0.29) is 0 Å². The lowest BCUT2D eigenvalue weighted by atomic mass is 9.97. The molecule has 0 aliphatic heterocycles. The second-order valence-corrected chi connectivity index (χ2v) is 5.05. The van der Waals surface area contributed by atoms with E-state index in [0.29, 0.717) is 5.19 Å². The summed E-state index contributed by atoms with van der Waals surface area (Å²) in [5.74, 6) is 0.957. The Morgan fingerprint density at radius 3 is 2.33 bits per heavy atom. The molecule has 0 amide bonds. The van der Waals surface area contributed by atoms with Gasteiger partial charge in [0.2, 0.25) is 0 Å². The zero-order valence-corrected chi connectivity index (χ0v) is 12.1. The number of aromatic nitrogens is 1. The number of thiazole rings is 1. The van der Waals surface area contributed by atoms with Crippen molar-refractivity contribution in [3.63, 3.8) is 0 Å². The van der Waals surface area contributed by atoms with E-state index in [1.807, 2.05) is 5.38 Å². The van der Waals surface area contributed by atoms with Gasteiger partial charge in [-0.1, -0.05) is 11.3 Å². The molecule has 18 heavy (non-hydrogen) atoms. The predicted molar refractivity (Wildman–Crippen MR) is 74.9 cm³/mol. The standard InChI is InChI=1S/C14H17NO2S/c1-8-6-11(9(2)10(3)13(8)16-4)12-7-18-14(15-12)17-5/h6-7H,1-5H3. The van der Waals surface area contributed by atoms with Crippen molar-refractivity contribution in [2.45, 2.75) is 20.8 Å². The van der Waals surface area contributed by atoms with E-state index in [9.17, 15) is 0 Å². The van der Waals surface area contributed by atoms with Crippen LogP contribution in [0.4, 0.5) is 0 Å². The van der Waals surface area contributed by atoms with Gasteiger partial charge < -0.3 is 9.47 Å². The molecule has 0 unspecified atom stereocenters. The van der Waals surface area contributed by atoms with Gasteiger partial charge in [0, 0.05) is 10.9 Å². The Balaban J connectivity index is 2.58. The second-order valence-electron chi connectivity index (χ2n) is 4.23. The summed E-state index contributed by atoms with van der Waals surface area (Å²) >= 11 is 1.51. The van der Waals surface area contributed by atoms with Crippen molar-refractivity contribution in [3.8, 4) is 22.2 Å². The molecule has 0 radical (unpaired) electrons. The molecule has 3 nitrogen and oxygen atoms in total. The van der Waals surface area contributed by atoms with E-state index in [2.05, 4.69) is 31.8 Å². The van der Waals surface area contributed by atoms with Gasteiger partial charge in [-0.3, -0.25) is 0 Å². The number of benzene rings is 1. The summed E-state index contributed by atoms with van der Waals surface area (Å²) in [6, 6.07) is 2.12. The Hall–Kier alpha value is -1.55. The zero-order chi connectivity index (χ0) is 13.3. The lowest BCUT2D eigenvalue weighted by Crippen LogP contribution is -1.96. The molecular formula is C14H17NO2S. The molecule has 0 bridgehead atoms. The van der Waals surface area contributed by atoms with Gasteiger partial charge >= 0.3 is 0 Å². The average molecular weight is 263 g/mol. The summed E-state index contributed by atoms with van der Waals surface area (Å²) in [5, 5.41) is 2.71. The van der Waals surface area contributed by atoms with Gasteiger partial charge in [0.25, 0.3) is 5.19 Å². The highest BCUT2D eigenvalue weighted by Crippen LogP contribution is 2.35. The lowest BCUT2D eigenvalue weighted by molar-refractivity contribution is 0.408. The van der Waals surface area contributed by atoms with Crippen molar-refractivity contribution in [1.29, 1.82) is 0 Å². The van der Waals surface area contributed by atoms with Crippen LogP contribution in [-0.4, -0.2) is 19.2 Å². The number of hydrogen-bond donors (Lipinski definition) is 0. The molecule has 0 aliphatic rings. The number of methoxy groups -OCH3 is 2. The minimum absolute atomic E-state index is 0.690. The highest BCUT2D eigenvalue weighted by Gasteiger charge is 2.14. The van der Waals surface area contributed by atoms with Gasteiger partial charge in [0.15, 0.2) is 0 Å². The van der Waals surface area contributed by atoms with Crippen LogP contribution in [0.2, 0.25) is 0 Å². The van der Waals surface area contributed by atoms with Gasteiger partial charge in [-0.2, -0.15) is 0 Å². The van der Waals surface area contributed by atoms with E-state index in [1.165, 1.54) is 22.5 Å².